The molecule has 1 atom stereocenters. The number of benzene rings is 1. The molecule has 0 spiro atoms. The third-order valence-corrected chi connectivity index (χ3v) is 4.04. The molecule has 1 aliphatic heterocycles. The molecule has 1 aliphatic rings. The smallest absolute Gasteiger partial charge is 0.416 e. The van der Waals surface area contributed by atoms with Crippen LogP contribution in [0.25, 0.3) is 0 Å². The molecular formula is C16H22ClF3N2O2. The minimum absolute atomic E-state index is 0. The van der Waals surface area contributed by atoms with E-state index in [1.165, 1.54) is 19.2 Å². The van der Waals surface area contributed by atoms with Crippen LogP contribution < -0.4 is 15.4 Å². The number of ether oxygens (including phenoxy) is 1. The molecule has 0 aliphatic carbocycles. The molecule has 1 saturated heterocycles. The molecule has 4 nitrogen and oxygen atoms in total. The maximum Gasteiger partial charge on any atom is 0.416 e. The highest BCUT2D eigenvalue weighted by molar-refractivity contribution is 5.85. The van der Waals surface area contributed by atoms with Gasteiger partial charge in [0.1, 0.15) is 5.75 Å². The van der Waals surface area contributed by atoms with Gasteiger partial charge in [-0.3, -0.25) is 4.79 Å². The largest absolute Gasteiger partial charge is 0.497 e. The minimum atomic E-state index is -4.48. The number of amides is 1. The van der Waals surface area contributed by atoms with Crippen LogP contribution in [0, 0.1) is 5.92 Å². The zero-order chi connectivity index (χ0) is 16.9. The Morgan fingerprint density at radius 2 is 2.17 bits per heavy atom. The van der Waals surface area contributed by atoms with Crippen LogP contribution in [0.1, 0.15) is 30.4 Å². The monoisotopic (exact) mass is 366 g/mol. The Morgan fingerprint density at radius 3 is 2.75 bits per heavy atom. The SMILES string of the molecule is COc1ccc(CNC(=O)CCC2CCNC2)c(C(F)(F)F)c1.Cl. The van der Waals surface area contributed by atoms with Crippen molar-refractivity contribution in [2.75, 3.05) is 20.2 Å². The molecule has 8 heteroatoms. The van der Waals surface area contributed by atoms with Gasteiger partial charge in [-0.15, -0.1) is 12.4 Å². The van der Waals surface area contributed by atoms with Crippen molar-refractivity contribution < 1.29 is 22.7 Å². The molecule has 2 rings (SSSR count). The van der Waals surface area contributed by atoms with Crippen LogP contribution in [0.15, 0.2) is 18.2 Å². The van der Waals surface area contributed by atoms with Crippen molar-refractivity contribution in [3.05, 3.63) is 29.3 Å². The zero-order valence-electron chi connectivity index (χ0n) is 13.4. The Labute approximate surface area is 145 Å². The van der Waals surface area contributed by atoms with E-state index in [1.54, 1.807) is 0 Å². The molecule has 136 valence electrons. The fraction of sp³-hybridized carbons (Fsp3) is 0.562. The lowest BCUT2D eigenvalue weighted by molar-refractivity contribution is -0.138. The predicted molar refractivity (Wildman–Crippen MR) is 87.3 cm³/mol. The number of carbonyl (C=O) groups excluding carboxylic acids is 1. The molecule has 1 fully saturated rings. The summed E-state index contributed by atoms with van der Waals surface area (Å²) in [7, 11) is 1.31. The normalized spacial score (nSPS) is 17.2. The molecule has 1 unspecified atom stereocenters. The summed E-state index contributed by atoms with van der Waals surface area (Å²) in [6, 6.07) is 3.75. The number of hydrogen-bond acceptors (Lipinski definition) is 3. The predicted octanol–water partition coefficient (Wildman–Crippen LogP) is 3.14. The molecule has 0 saturated carbocycles. The van der Waals surface area contributed by atoms with Crippen LogP contribution in [-0.4, -0.2) is 26.1 Å². The molecule has 24 heavy (non-hydrogen) atoms. The summed E-state index contributed by atoms with van der Waals surface area (Å²) in [6.07, 6.45) is -2.34. The summed E-state index contributed by atoms with van der Waals surface area (Å²) in [6.45, 7) is 1.73. The number of alkyl halides is 3. The number of hydrogen-bond donors (Lipinski definition) is 2. The Hall–Kier alpha value is -1.47. The number of methoxy groups -OCH3 is 1. The van der Waals surface area contributed by atoms with Gasteiger partial charge in [0.25, 0.3) is 0 Å². The Morgan fingerprint density at radius 1 is 1.42 bits per heavy atom. The van der Waals surface area contributed by atoms with Gasteiger partial charge in [0.15, 0.2) is 0 Å². The number of carbonyl (C=O) groups is 1. The second kappa shape index (κ2) is 9.13. The molecule has 2 N–H and O–H groups in total. The van der Waals surface area contributed by atoms with Gasteiger partial charge < -0.3 is 15.4 Å². The van der Waals surface area contributed by atoms with Gasteiger partial charge in [-0.1, -0.05) is 6.07 Å². The van der Waals surface area contributed by atoms with Gasteiger partial charge >= 0.3 is 6.18 Å². The second-order valence-corrected chi connectivity index (χ2v) is 5.70. The minimum Gasteiger partial charge on any atom is -0.497 e. The van der Waals surface area contributed by atoms with Gasteiger partial charge in [-0.25, -0.2) is 0 Å². The van der Waals surface area contributed by atoms with Crippen LogP contribution in [0.2, 0.25) is 0 Å². The van der Waals surface area contributed by atoms with Crippen LogP contribution in [0.4, 0.5) is 13.2 Å². The fourth-order valence-corrected chi connectivity index (χ4v) is 2.68. The molecule has 1 heterocycles. The van der Waals surface area contributed by atoms with Gasteiger partial charge in [-0.05, 0) is 49.5 Å². The van der Waals surface area contributed by atoms with Crippen LogP contribution in [-0.2, 0) is 17.5 Å². The van der Waals surface area contributed by atoms with E-state index >= 15 is 0 Å². The number of nitrogens with one attached hydrogen (secondary N) is 2. The summed E-state index contributed by atoms with van der Waals surface area (Å²) in [5, 5.41) is 5.79. The molecular weight excluding hydrogens is 345 g/mol. The van der Waals surface area contributed by atoms with E-state index in [0.29, 0.717) is 12.3 Å². The van der Waals surface area contributed by atoms with Crippen LogP contribution >= 0.6 is 12.4 Å². The first-order valence-corrected chi connectivity index (χ1v) is 7.61. The summed E-state index contributed by atoms with van der Waals surface area (Å²) in [5.41, 5.74) is -0.744. The van der Waals surface area contributed by atoms with Crippen molar-refractivity contribution in [2.24, 2.45) is 5.92 Å². The van der Waals surface area contributed by atoms with Crippen molar-refractivity contribution in [3.63, 3.8) is 0 Å². The van der Waals surface area contributed by atoms with Crippen LogP contribution in [0.5, 0.6) is 5.75 Å². The Bertz CT molecular complexity index is 547. The molecule has 0 aromatic heterocycles. The molecule has 1 aromatic rings. The lowest BCUT2D eigenvalue weighted by Crippen LogP contribution is -2.25. The van der Waals surface area contributed by atoms with Crippen molar-refractivity contribution in [3.8, 4) is 5.75 Å². The lowest BCUT2D eigenvalue weighted by Gasteiger charge is -2.15. The molecule has 1 aromatic carbocycles. The lowest BCUT2D eigenvalue weighted by atomic mass is 10.0. The number of halogens is 4. The number of rotatable bonds is 6. The van der Waals surface area contributed by atoms with E-state index in [2.05, 4.69) is 10.6 Å². The van der Waals surface area contributed by atoms with Crippen LogP contribution in [0.3, 0.4) is 0 Å². The first-order chi connectivity index (χ1) is 10.9. The average Bonchev–Trinajstić information content (AvgIpc) is 3.03. The first-order valence-electron chi connectivity index (χ1n) is 7.61. The third-order valence-electron chi connectivity index (χ3n) is 4.04. The van der Waals surface area contributed by atoms with Crippen molar-refractivity contribution in [1.29, 1.82) is 0 Å². The Kier molecular flexibility index (Phi) is 7.83. The van der Waals surface area contributed by atoms with E-state index in [4.69, 9.17) is 4.74 Å². The highest BCUT2D eigenvalue weighted by Crippen LogP contribution is 2.34. The summed E-state index contributed by atoms with van der Waals surface area (Å²) in [4.78, 5) is 11.8. The van der Waals surface area contributed by atoms with E-state index in [-0.39, 0.29) is 36.2 Å². The summed E-state index contributed by atoms with van der Waals surface area (Å²) >= 11 is 0. The van der Waals surface area contributed by atoms with Gasteiger partial charge in [0.2, 0.25) is 5.91 Å². The van der Waals surface area contributed by atoms with Crippen molar-refractivity contribution in [2.45, 2.75) is 32.0 Å². The van der Waals surface area contributed by atoms with Gasteiger partial charge in [0.05, 0.1) is 12.7 Å². The van der Waals surface area contributed by atoms with Gasteiger partial charge in [-0.2, -0.15) is 13.2 Å². The fourth-order valence-electron chi connectivity index (χ4n) is 2.68. The van der Waals surface area contributed by atoms with E-state index in [1.807, 2.05) is 0 Å². The zero-order valence-corrected chi connectivity index (χ0v) is 14.2. The maximum absolute atomic E-state index is 13.1. The van der Waals surface area contributed by atoms with E-state index in [9.17, 15) is 18.0 Å². The Balaban J connectivity index is 0.00000288. The second-order valence-electron chi connectivity index (χ2n) is 5.70. The third kappa shape index (κ3) is 5.87. The topological polar surface area (TPSA) is 50.4 Å². The summed E-state index contributed by atoms with van der Waals surface area (Å²) < 4.78 is 44.0. The van der Waals surface area contributed by atoms with Crippen molar-refractivity contribution in [1.82, 2.24) is 10.6 Å². The quantitative estimate of drug-likeness (QED) is 0.813. The van der Waals surface area contributed by atoms with Gasteiger partial charge in [0, 0.05) is 13.0 Å². The van der Waals surface area contributed by atoms with Crippen molar-refractivity contribution >= 4 is 18.3 Å². The molecule has 0 bridgehead atoms. The highest BCUT2D eigenvalue weighted by Gasteiger charge is 2.33. The van der Waals surface area contributed by atoms with E-state index in [0.717, 1.165) is 32.0 Å². The van der Waals surface area contributed by atoms with E-state index < -0.39 is 11.7 Å². The standard InChI is InChI=1S/C16H21F3N2O2.ClH/c1-23-13-4-3-12(14(8-13)16(17,18)19)10-21-15(22)5-2-11-6-7-20-9-11;/h3-4,8,11,20H,2,5-7,9-10H2,1H3,(H,21,22);1H. The maximum atomic E-state index is 13.1. The first kappa shape index (κ1) is 20.6. The highest BCUT2D eigenvalue weighted by atomic mass is 35.5. The summed E-state index contributed by atoms with van der Waals surface area (Å²) in [5.74, 6) is 0.398. The molecule has 1 amide bonds. The molecule has 0 radical (unpaired) electrons. The average molecular weight is 367 g/mol.